The number of aromatic hydroxyl groups is 1. The van der Waals surface area contributed by atoms with E-state index in [1.807, 2.05) is 0 Å². The highest BCUT2D eigenvalue weighted by Crippen LogP contribution is 2.39. The Bertz CT molecular complexity index is 1010. The molecule has 0 saturated carbocycles. The Balaban J connectivity index is 1.93. The highest BCUT2D eigenvalue weighted by molar-refractivity contribution is 9.10. The van der Waals surface area contributed by atoms with Crippen LogP contribution in [-0.4, -0.2) is 22.2 Å². The first-order chi connectivity index (χ1) is 11.6. The maximum atomic E-state index is 12.6. The molecule has 7 heteroatoms. The molecule has 0 saturated heterocycles. The van der Waals surface area contributed by atoms with Gasteiger partial charge in [0.25, 0.3) is 5.56 Å². The van der Waals surface area contributed by atoms with E-state index < -0.39 is 0 Å². The zero-order chi connectivity index (χ0) is 16.8. The monoisotopic (exact) mass is 406 g/mol. The van der Waals surface area contributed by atoms with Crippen molar-refractivity contribution in [1.29, 1.82) is 0 Å². The Kier molecular flexibility index (Phi) is 3.85. The number of hydrogen-bond donors (Lipinski definition) is 2. The predicted molar refractivity (Wildman–Crippen MR) is 98.2 cm³/mol. The van der Waals surface area contributed by atoms with E-state index in [1.165, 1.54) is 24.0 Å². The van der Waals surface area contributed by atoms with Gasteiger partial charge in [0.2, 0.25) is 0 Å². The highest BCUT2D eigenvalue weighted by Gasteiger charge is 2.20. The zero-order valence-corrected chi connectivity index (χ0v) is 15.4. The average Bonchev–Trinajstić information content (AvgIpc) is 2.96. The summed E-state index contributed by atoms with van der Waals surface area (Å²) in [5, 5.41) is 10.7. The summed E-state index contributed by atoms with van der Waals surface area (Å²) in [6, 6.07) is 3.38. The lowest BCUT2D eigenvalue weighted by atomic mass is 9.97. The van der Waals surface area contributed by atoms with Crippen LogP contribution in [0, 0.1) is 0 Å². The van der Waals surface area contributed by atoms with E-state index in [0.717, 1.165) is 29.5 Å². The molecule has 1 aliphatic carbocycles. The molecule has 0 spiro atoms. The van der Waals surface area contributed by atoms with E-state index in [2.05, 4.69) is 25.9 Å². The molecule has 0 bridgehead atoms. The number of H-pyrrole nitrogens is 1. The van der Waals surface area contributed by atoms with Gasteiger partial charge < -0.3 is 14.8 Å². The second-order valence-corrected chi connectivity index (χ2v) is 7.75. The Morgan fingerprint density at radius 3 is 2.92 bits per heavy atom. The molecule has 0 radical (unpaired) electrons. The van der Waals surface area contributed by atoms with Gasteiger partial charge in [0.15, 0.2) is 11.5 Å². The SMILES string of the molecule is COc1cc(-c2nc3sc4c(c3c(=O)[nH]2)CCCC4)cc(Br)c1O. The number of methoxy groups -OCH3 is 1. The molecule has 124 valence electrons. The van der Waals surface area contributed by atoms with Crippen LogP contribution < -0.4 is 10.3 Å². The van der Waals surface area contributed by atoms with Gasteiger partial charge in [0.05, 0.1) is 17.0 Å². The number of phenolic OH excluding ortho intramolecular Hbond substituents is 1. The minimum atomic E-state index is -0.0995. The van der Waals surface area contributed by atoms with E-state index in [1.54, 1.807) is 23.5 Å². The van der Waals surface area contributed by atoms with Crippen molar-refractivity contribution >= 4 is 37.5 Å². The number of rotatable bonds is 2. The lowest BCUT2D eigenvalue weighted by molar-refractivity contribution is 0.372. The largest absolute Gasteiger partial charge is 0.503 e. The Morgan fingerprint density at radius 2 is 2.12 bits per heavy atom. The fourth-order valence-electron chi connectivity index (χ4n) is 3.17. The van der Waals surface area contributed by atoms with Gasteiger partial charge in [-0.05, 0) is 59.3 Å². The summed E-state index contributed by atoms with van der Waals surface area (Å²) < 4.78 is 5.67. The number of aromatic amines is 1. The summed E-state index contributed by atoms with van der Waals surface area (Å²) in [6.07, 6.45) is 4.29. The molecule has 0 unspecified atom stereocenters. The summed E-state index contributed by atoms with van der Waals surface area (Å²) in [5.41, 5.74) is 1.76. The number of nitrogens with zero attached hydrogens (tertiary/aromatic N) is 1. The van der Waals surface area contributed by atoms with Gasteiger partial charge in [-0.25, -0.2) is 4.98 Å². The van der Waals surface area contributed by atoms with Crippen LogP contribution in [0.15, 0.2) is 21.4 Å². The van der Waals surface area contributed by atoms with Gasteiger partial charge >= 0.3 is 0 Å². The van der Waals surface area contributed by atoms with Gasteiger partial charge in [-0.1, -0.05) is 0 Å². The Labute approximate surface area is 150 Å². The molecular weight excluding hydrogens is 392 g/mol. The van der Waals surface area contributed by atoms with Crippen molar-refractivity contribution in [3.8, 4) is 22.9 Å². The van der Waals surface area contributed by atoms with Crippen molar-refractivity contribution in [3.05, 3.63) is 37.4 Å². The lowest BCUT2D eigenvalue weighted by Crippen LogP contribution is -2.11. The quantitative estimate of drug-likeness (QED) is 0.673. The van der Waals surface area contributed by atoms with E-state index in [-0.39, 0.29) is 11.3 Å². The van der Waals surface area contributed by atoms with Gasteiger partial charge in [-0.3, -0.25) is 4.79 Å². The third kappa shape index (κ3) is 2.43. The molecule has 0 fully saturated rings. The average molecular weight is 407 g/mol. The van der Waals surface area contributed by atoms with Crippen molar-refractivity contribution in [2.24, 2.45) is 0 Å². The van der Waals surface area contributed by atoms with Crippen molar-refractivity contribution < 1.29 is 9.84 Å². The predicted octanol–water partition coefficient (Wildman–Crippen LogP) is 4.01. The minimum absolute atomic E-state index is 0.0243. The number of hydrogen-bond acceptors (Lipinski definition) is 5. The molecule has 2 aromatic heterocycles. The first kappa shape index (κ1) is 15.7. The number of phenols is 1. The molecule has 1 aliphatic rings. The van der Waals surface area contributed by atoms with E-state index in [4.69, 9.17) is 4.74 Å². The summed E-state index contributed by atoms with van der Waals surface area (Å²) in [7, 11) is 1.48. The van der Waals surface area contributed by atoms with Crippen LogP contribution in [0.1, 0.15) is 23.3 Å². The number of aromatic nitrogens is 2. The number of nitrogens with one attached hydrogen (secondary N) is 1. The molecule has 2 heterocycles. The van der Waals surface area contributed by atoms with Gasteiger partial charge in [0, 0.05) is 10.4 Å². The Hall–Kier alpha value is -1.86. The lowest BCUT2D eigenvalue weighted by Gasteiger charge is -2.10. The second-order valence-electron chi connectivity index (χ2n) is 5.81. The van der Waals surface area contributed by atoms with Crippen molar-refractivity contribution in [2.45, 2.75) is 25.7 Å². The smallest absolute Gasteiger partial charge is 0.260 e. The van der Waals surface area contributed by atoms with Crippen LogP contribution in [0.3, 0.4) is 0 Å². The van der Waals surface area contributed by atoms with Crippen molar-refractivity contribution in [2.75, 3.05) is 7.11 Å². The number of ether oxygens (including phenoxy) is 1. The van der Waals surface area contributed by atoms with Gasteiger partial charge in [-0.15, -0.1) is 11.3 Å². The summed E-state index contributed by atoms with van der Waals surface area (Å²) >= 11 is 4.92. The second kappa shape index (κ2) is 5.89. The molecule has 0 atom stereocenters. The molecular formula is C17H15BrN2O3S. The van der Waals surface area contributed by atoms with Crippen LogP contribution in [-0.2, 0) is 12.8 Å². The fourth-order valence-corrected chi connectivity index (χ4v) is 4.87. The molecule has 5 nitrogen and oxygen atoms in total. The topological polar surface area (TPSA) is 75.2 Å². The number of halogens is 1. The van der Waals surface area contributed by atoms with Crippen molar-refractivity contribution in [3.63, 3.8) is 0 Å². The van der Waals surface area contributed by atoms with Crippen molar-refractivity contribution in [1.82, 2.24) is 9.97 Å². The number of thiophene rings is 1. The van der Waals surface area contributed by atoms with Gasteiger partial charge in [-0.2, -0.15) is 0 Å². The number of benzene rings is 1. The maximum Gasteiger partial charge on any atom is 0.260 e. The fraction of sp³-hybridized carbons (Fsp3) is 0.294. The first-order valence-corrected chi connectivity index (χ1v) is 9.31. The molecule has 24 heavy (non-hydrogen) atoms. The van der Waals surface area contributed by atoms with Crippen LogP contribution in [0.2, 0.25) is 0 Å². The third-order valence-electron chi connectivity index (χ3n) is 4.35. The van der Waals surface area contributed by atoms with E-state index >= 15 is 0 Å². The van der Waals surface area contributed by atoms with E-state index in [9.17, 15) is 9.90 Å². The molecule has 3 aromatic rings. The van der Waals surface area contributed by atoms with Crippen LogP contribution in [0.25, 0.3) is 21.6 Å². The summed E-state index contributed by atoms with van der Waals surface area (Å²) in [4.78, 5) is 22.2. The maximum absolute atomic E-state index is 12.6. The molecule has 0 amide bonds. The van der Waals surface area contributed by atoms with Gasteiger partial charge in [0.1, 0.15) is 10.7 Å². The minimum Gasteiger partial charge on any atom is -0.503 e. The zero-order valence-electron chi connectivity index (χ0n) is 13.0. The highest BCUT2D eigenvalue weighted by atomic mass is 79.9. The Morgan fingerprint density at radius 1 is 1.33 bits per heavy atom. The van der Waals surface area contributed by atoms with Crippen LogP contribution in [0.4, 0.5) is 0 Å². The van der Waals surface area contributed by atoms with Crippen LogP contribution >= 0.6 is 27.3 Å². The number of fused-ring (bicyclic) bond motifs is 3. The normalized spacial score (nSPS) is 13.9. The molecule has 1 aromatic carbocycles. The number of aryl methyl sites for hydroxylation is 2. The molecule has 4 rings (SSSR count). The standard InChI is InChI=1S/C17H15BrN2O3S/c1-23-11-7-8(6-10(18)14(11)21)15-19-16(22)13-9-4-2-3-5-12(9)24-17(13)20-15/h6-7,21H,2-5H2,1H3,(H,19,20,22). The first-order valence-electron chi connectivity index (χ1n) is 7.70. The van der Waals surface area contributed by atoms with E-state index in [0.29, 0.717) is 21.6 Å². The summed E-state index contributed by atoms with van der Waals surface area (Å²) in [5.74, 6) is 0.828. The summed E-state index contributed by atoms with van der Waals surface area (Å²) in [6.45, 7) is 0. The molecule has 0 aliphatic heterocycles. The van der Waals surface area contributed by atoms with Crippen LogP contribution in [0.5, 0.6) is 11.5 Å². The molecule has 2 N–H and O–H groups in total. The third-order valence-corrected chi connectivity index (χ3v) is 6.14.